The normalized spacial score (nSPS) is 11.3. The van der Waals surface area contributed by atoms with Crippen molar-refractivity contribution in [1.82, 2.24) is 4.98 Å². The van der Waals surface area contributed by atoms with Gasteiger partial charge < -0.3 is 9.15 Å². The summed E-state index contributed by atoms with van der Waals surface area (Å²) in [7, 11) is 0. The number of rotatable bonds is 4. The van der Waals surface area contributed by atoms with E-state index in [1.54, 1.807) is 18.3 Å². The molecule has 0 amide bonds. The van der Waals surface area contributed by atoms with Crippen molar-refractivity contribution in [2.45, 2.75) is 6.61 Å². The van der Waals surface area contributed by atoms with Gasteiger partial charge in [-0.2, -0.15) is 0 Å². The number of benzene rings is 2. The number of hydrogen-bond acceptors (Lipinski definition) is 5. The van der Waals surface area contributed by atoms with E-state index in [0.717, 1.165) is 26.3 Å². The number of pyridine rings is 1. The van der Waals surface area contributed by atoms with Crippen LogP contribution in [0.3, 0.4) is 0 Å². The molecule has 0 bridgehead atoms. The second-order valence-electron chi connectivity index (χ2n) is 6.09. The number of carbonyl (C=O) groups excluding carboxylic acids is 1. The van der Waals surface area contributed by atoms with Gasteiger partial charge in [0.25, 0.3) is 0 Å². The van der Waals surface area contributed by atoms with Crippen LogP contribution in [0.4, 0.5) is 0 Å². The van der Waals surface area contributed by atoms with E-state index in [0.29, 0.717) is 11.1 Å². The van der Waals surface area contributed by atoms with Crippen molar-refractivity contribution in [2.75, 3.05) is 0 Å². The van der Waals surface area contributed by atoms with Crippen LogP contribution in [0.5, 0.6) is 0 Å². The molecule has 0 atom stereocenters. The van der Waals surface area contributed by atoms with Crippen LogP contribution in [0.2, 0.25) is 0 Å². The first-order chi connectivity index (χ1) is 13.6. The highest BCUT2D eigenvalue weighted by Crippen LogP contribution is 2.22. The lowest BCUT2D eigenvalue weighted by Crippen LogP contribution is -2.05. The van der Waals surface area contributed by atoms with E-state index >= 15 is 0 Å². The first-order valence-corrected chi connectivity index (χ1v) is 9.30. The van der Waals surface area contributed by atoms with E-state index < -0.39 is 11.6 Å². The second kappa shape index (κ2) is 7.78. The topological polar surface area (TPSA) is 69.4 Å². The third kappa shape index (κ3) is 3.87. The fourth-order valence-corrected chi connectivity index (χ4v) is 3.28. The molecule has 5 nitrogen and oxygen atoms in total. The molecule has 0 aliphatic carbocycles. The zero-order valence-electron chi connectivity index (χ0n) is 14.6. The van der Waals surface area contributed by atoms with Crippen molar-refractivity contribution < 1.29 is 13.9 Å². The van der Waals surface area contributed by atoms with Gasteiger partial charge in [-0.05, 0) is 30.3 Å². The Hall–Kier alpha value is -3.25. The number of ether oxygens (including phenoxy) is 1. The van der Waals surface area contributed by atoms with Crippen LogP contribution in [-0.2, 0) is 16.1 Å². The molecule has 0 saturated heterocycles. The Bertz CT molecular complexity index is 1270. The monoisotopic (exact) mass is 435 g/mol. The predicted molar refractivity (Wildman–Crippen MR) is 111 cm³/mol. The Labute approximate surface area is 168 Å². The molecular weight excluding hydrogens is 422 g/mol. The highest BCUT2D eigenvalue weighted by Gasteiger charge is 2.08. The average molecular weight is 436 g/mol. The van der Waals surface area contributed by atoms with Crippen LogP contribution in [-0.4, -0.2) is 11.0 Å². The Morgan fingerprint density at radius 1 is 1.14 bits per heavy atom. The number of para-hydroxylation sites is 1. The Morgan fingerprint density at radius 2 is 2.00 bits per heavy atom. The fraction of sp³-hybridized carbons (Fsp3) is 0.0455. The molecule has 28 heavy (non-hydrogen) atoms. The molecular formula is C22H14BrNO4. The van der Waals surface area contributed by atoms with Gasteiger partial charge >= 0.3 is 11.6 Å². The molecule has 2 heterocycles. The number of hydrogen-bond donors (Lipinski definition) is 0. The van der Waals surface area contributed by atoms with Crippen LogP contribution in [0.25, 0.3) is 27.9 Å². The SMILES string of the molecule is O=C(/C=C/c1cccc2cccnc12)OCc1cc(=O)oc2cc(Br)ccc12. The van der Waals surface area contributed by atoms with Gasteiger partial charge in [0.1, 0.15) is 12.2 Å². The summed E-state index contributed by atoms with van der Waals surface area (Å²) in [5, 5.41) is 1.71. The highest BCUT2D eigenvalue weighted by molar-refractivity contribution is 9.10. The van der Waals surface area contributed by atoms with Gasteiger partial charge in [-0.15, -0.1) is 0 Å². The first-order valence-electron chi connectivity index (χ1n) is 8.51. The minimum Gasteiger partial charge on any atom is -0.458 e. The number of esters is 1. The average Bonchev–Trinajstić information content (AvgIpc) is 2.70. The van der Waals surface area contributed by atoms with Gasteiger partial charge in [-0.25, -0.2) is 9.59 Å². The minimum atomic E-state index is -0.508. The summed E-state index contributed by atoms with van der Waals surface area (Å²) in [6.07, 6.45) is 4.74. The van der Waals surface area contributed by atoms with Crippen molar-refractivity contribution in [2.24, 2.45) is 0 Å². The molecule has 0 radical (unpaired) electrons. The second-order valence-corrected chi connectivity index (χ2v) is 7.01. The summed E-state index contributed by atoms with van der Waals surface area (Å²) in [4.78, 5) is 28.3. The highest BCUT2D eigenvalue weighted by atomic mass is 79.9. The number of carbonyl (C=O) groups is 1. The molecule has 0 aliphatic rings. The smallest absolute Gasteiger partial charge is 0.336 e. The van der Waals surface area contributed by atoms with Crippen LogP contribution in [0, 0.1) is 0 Å². The number of halogens is 1. The summed E-state index contributed by atoms with van der Waals surface area (Å²) in [5.74, 6) is -0.508. The lowest BCUT2D eigenvalue weighted by Gasteiger charge is -2.06. The molecule has 0 unspecified atom stereocenters. The standard InChI is InChI=1S/C22H14BrNO4/c23-17-7-8-18-16(11-21(26)28-19(18)12-17)13-27-20(25)9-6-15-4-1-3-14-5-2-10-24-22(14)15/h1-12H,13H2/b9-6+. The zero-order valence-corrected chi connectivity index (χ0v) is 16.2. The van der Waals surface area contributed by atoms with Crippen LogP contribution in [0.15, 0.2) is 80.6 Å². The Morgan fingerprint density at radius 3 is 2.89 bits per heavy atom. The summed E-state index contributed by atoms with van der Waals surface area (Å²) < 4.78 is 11.3. The third-order valence-corrected chi connectivity index (χ3v) is 4.72. The maximum Gasteiger partial charge on any atom is 0.336 e. The van der Waals surface area contributed by atoms with E-state index in [9.17, 15) is 9.59 Å². The number of aromatic nitrogens is 1. The molecule has 0 fully saturated rings. The van der Waals surface area contributed by atoms with Crippen LogP contribution >= 0.6 is 15.9 Å². The van der Waals surface area contributed by atoms with Gasteiger partial charge in [0.05, 0.1) is 5.52 Å². The summed E-state index contributed by atoms with van der Waals surface area (Å²) in [6, 6.07) is 16.3. The van der Waals surface area contributed by atoms with Crippen LogP contribution in [0.1, 0.15) is 11.1 Å². The summed E-state index contributed by atoms with van der Waals surface area (Å²) in [5.41, 5.74) is 2.17. The van der Waals surface area contributed by atoms with Crippen molar-refractivity contribution in [3.8, 4) is 0 Å². The summed E-state index contributed by atoms with van der Waals surface area (Å²) >= 11 is 3.34. The van der Waals surface area contributed by atoms with E-state index in [4.69, 9.17) is 9.15 Å². The van der Waals surface area contributed by atoms with E-state index in [1.807, 2.05) is 42.5 Å². The van der Waals surface area contributed by atoms with Gasteiger partial charge in [-0.3, -0.25) is 4.98 Å². The molecule has 2 aromatic heterocycles. The van der Waals surface area contributed by atoms with Crippen molar-refractivity contribution in [3.05, 3.63) is 92.9 Å². The maximum atomic E-state index is 12.2. The van der Waals surface area contributed by atoms with Gasteiger partial charge in [-0.1, -0.05) is 40.2 Å². The van der Waals surface area contributed by atoms with Crippen molar-refractivity contribution in [1.29, 1.82) is 0 Å². The van der Waals surface area contributed by atoms with Crippen molar-refractivity contribution >= 4 is 49.8 Å². The van der Waals surface area contributed by atoms with E-state index in [2.05, 4.69) is 20.9 Å². The molecule has 0 aliphatic heterocycles. The molecule has 138 valence electrons. The minimum absolute atomic E-state index is 0.0271. The molecule has 0 N–H and O–H groups in total. The lowest BCUT2D eigenvalue weighted by molar-refractivity contribution is -0.138. The van der Waals surface area contributed by atoms with Crippen molar-refractivity contribution in [3.63, 3.8) is 0 Å². The summed E-state index contributed by atoms with van der Waals surface area (Å²) in [6.45, 7) is -0.0271. The van der Waals surface area contributed by atoms with Gasteiger partial charge in [0.2, 0.25) is 0 Å². The maximum absolute atomic E-state index is 12.2. The van der Waals surface area contributed by atoms with Gasteiger partial charge in [0, 0.05) is 44.7 Å². The molecule has 6 heteroatoms. The number of fused-ring (bicyclic) bond motifs is 2. The molecule has 0 saturated carbocycles. The van der Waals surface area contributed by atoms with Gasteiger partial charge in [0.15, 0.2) is 0 Å². The molecule has 0 spiro atoms. The Kier molecular flexibility index (Phi) is 5.04. The zero-order chi connectivity index (χ0) is 19.5. The number of nitrogens with zero attached hydrogens (tertiary/aromatic N) is 1. The fourth-order valence-electron chi connectivity index (χ4n) is 2.94. The quantitative estimate of drug-likeness (QED) is 0.260. The largest absolute Gasteiger partial charge is 0.458 e. The Balaban J connectivity index is 1.53. The molecule has 2 aromatic carbocycles. The third-order valence-electron chi connectivity index (χ3n) is 4.23. The molecule has 4 aromatic rings. The van der Waals surface area contributed by atoms with E-state index in [-0.39, 0.29) is 6.61 Å². The first kappa shape index (κ1) is 18.1. The lowest BCUT2D eigenvalue weighted by atomic mass is 10.1. The predicted octanol–water partition coefficient (Wildman–Crippen LogP) is 4.86. The van der Waals surface area contributed by atoms with Crippen LogP contribution < -0.4 is 5.63 Å². The van der Waals surface area contributed by atoms with E-state index in [1.165, 1.54) is 12.1 Å². The molecule has 4 rings (SSSR count).